The molecule has 4 rings (SSSR count). The average molecular weight is 308 g/mol. The SMILES string of the molecule is O=C1CC(C2OC(=O)c3ccccc32)C(=O)c2ccccc2O1. The fraction of sp³-hybridized carbons (Fsp3) is 0.167. The minimum Gasteiger partial charge on any atom is -0.453 e. The van der Waals surface area contributed by atoms with Gasteiger partial charge < -0.3 is 9.47 Å². The molecule has 0 bridgehead atoms. The minimum atomic E-state index is -0.779. The van der Waals surface area contributed by atoms with Gasteiger partial charge in [-0.05, 0) is 18.2 Å². The Morgan fingerprint density at radius 2 is 1.57 bits per heavy atom. The topological polar surface area (TPSA) is 69.7 Å². The summed E-state index contributed by atoms with van der Waals surface area (Å²) in [5.74, 6) is -1.75. The standard InChI is InChI=1S/C18H12O5/c19-15-9-13(16(20)12-7-3-4-8-14(12)22-15)17-10-5-1-2-6-11(10)18(21)23-17/h1-8,13,17H,9H2. The summed E-state index contributed by atoms with van der Waals surface area (Å²) in [5, 5.41) is 0. The van der Waals surface area contributed by atoms with E-state index in [1.54, 1.807) is 48.5 Å². The molecule has 2 atom stereocenters. The molecular formula is C18H12O5. The first-order chi connectivity index (χ1) is 11.1. The first-order valence-corrected chi connectivity index (χ1v) is 7.29. The maximum Gasteiger partial charge on any atom is 0.339 e. The van der Waals surface area contributed by atoms with Crippen LogP contribution in [0.15, 0.2) is 48.5 Å². The predicted octanol–water partition coefficient (Wildman–Crippen LogP) is 2.71. The third-order valence-corrected chi connectivity index (χ3v) is 4.19. The molecular weight excluding hydrogens is 296 g/mol. The van der Waals surface area contributed by atoms with Gasteiger partial charge in [-0.25, -0.2) is 4.79 Å². The number of carbonyl (C=O) groups excluding carboxylic acids is 3. The van der Waals surface area contributed by atoms with Crippen LogP contribution in [0.2, 0.25) is 0 Å². The Kier molecular flexibility index (Phi) is 3.01. The Hall–Kier alpha value is -2.95. The summed E-state index contributed by atoms with van der Waals surface area (Å²) < 4.78 is 10.6. The fourth-order valence-electron chi connectivity index (χ4n) is 3.11. The third-order valence-electron chi connectivity index (χ3n) is 4.19. The first kappa shape index (κ1) is 13.7. The molecule has 0 spiro atoms. The van der Waals surface area contributed by atoms with Gasteiger partial charge in [-0.1, -0.05) is 30.3 Å². The van der Waals surface area contributed by atoms with Gasteiger partial charge in [0.05, 0.1) is 23.5 Å². The molecule has 0 N–H and O–H groups in total. The third kappa shape index (κ3) is 2.12. The van der Waals surface area contributed by atoms with Crippen molar-refractivity contribution in [2.75, 3.05) is 0 Å². The van der Waals surface area contributed by atoms with Crippen LogP contribution in [0.25, 0.3) is 0 Å². The Balaban J connectivity index is 1.79. The van der Waals surface area contributed by atoms with Crippen LogP contribution < -0.4 is 4.74 Å². The number of cyclic esters (lactones) is 1. The molecule has 2 aromatic rings. The maximum atomic E-state index is 12.9. The molecule has 0 aliphatic carbocycles. The summed E-state index contributed by atoms with van der Waals surface area (Å²) in [4.78, 5) is 36.9. The molecule has 0 saturated carbocycles. The quantitative estimate of drug-likeness (QED) is 0.598. The molecule has 2 aliphatic heterocycles. The number of ether oxygens (including phenoxy) is 2. The van der Waals surface area contributed by atoms with Gasteiger partial charge in [-0.3, -0.25) is 9.59 Å². The van der Waals surface area contributed by atoms with Crippen LogP contribution in [0, 0.1) is 5.92 Å². The summed E-state index contributed by atoms with van der Waals surface area (Å²) in [7, 11) is 0. The van der Waals surface area contributed by atoms with E-state index in [1.165, 1.54) is 0 Å². The second-order valence-electron chi connectivity index (χ2n) is 5.56. The number of carbonyl (C=O) groups is 3. The second kappa shape index (κ2) is 5.05. The Morgan fingerprint density at radius 1 is 0.870 bits per heavy atom. The molecule has 0 radical (unpaired) electrons. The van der Waals surface area contributed by atoms with Gasteiger partial charge >= 0.3 is 11.9 Å². The van der Waals surface area contributed by atoms with E-state index in [2.05, 4.69) is 0 Å². The van der Waals surface area contributed by atoms with Crippen LogP contribution in [0.1, 0.15) is 38.8 Å². The van der Waals surface area contributed by atoms with Crippen molar-refractivity contribution in [2.45, 2.75) is 12.5 Å². The largest absolute Gasteiger partial charge is 0.453 e. The maximum absolute atomic E-state index is 12.9. The van der Waals surface area contributed by atoms with Gasteiger partial charge in [0.15, 0.2) is 5.78 Å². The van der Waals surface area contributed by atoms with E-state index in [4.69, 9.17) is 9.47 Å². The zero-order chi connectivity index (χ0) is 16.0. The van der Waals surface area contributed by atoms with Crippen LogP contribution in [-0.2, 0) is 9.53 Å². The summed E-state index contributed by atoms with van der Waals surface area (Å²) >= 11 is 0. The molecule has 0 amide bonds. The van der Waals surface area contributed by atoms with Crippen molar-refractivity contribution in [1.82, 2.24) is 0 Å². The number of hydrogen-bond donors (Lipinski definition) is 0. The zero-order valence-corrected chi connectivity index (χ0v) is 12.0. The van der Waals surface area contributed by atoms with E-state index in [1.807, 2.05) is 0 Å². The number of benzene rings is 2. The number of ketones is 1. The lowest BCUT2D eigenvalue weighted by molar-refractivity contribution is -0.135. The van der Waals surface area contributed by atoms with Crippen molar-refractivity contribution >= 4 is 17.7 Å². The molecule has 5 nitrogen and oxygen atoms in total. The minimum absolute atomic E-state index is 0.125. The zero-order valence-electron chi connectivity index (χ0n) is 12.0. The number of fused-ring (bicyclic) bond motifs is 2. The van der Waals surface area contributed by atoms with E-state index < -0.39 is 24.0 Å². The molecule has 0 saturated heterocycles. The molecule has 5 heteroatoms. The van der Waals surface area contributed by atoms with Gasteiger partial charge in [0.2, 0.25) is 0 Å². The summed E-state index contributed by atoms with van der Waals surface area (Å²) in [6.07, 6.45) is -0.885. The number of hydrogen-bond acceptors (Lipinski definition) is 5. The monoisotopic (exact) mass is 308 g/mol. The molecule has 0 aromatic heterocycles. The molecule has 2 unspecified atom stereocenters. The van der Waals surface area contributed by atoms with E-state index >= 15 is 0 Å². The van der Waals surface area contributed by atoms with E-state index in [9.17, 15) is 14.4 Å². The van der Waals surface area contributed by atoms with Crippen molar-refractivity contribution < 1.29 is 23.9 Å². The normalized spacial score (nSPS) is 22.7. The van der Waals surface area contributed by atoms with Crippen molar-refractivity contribution in [2.24, 2.45) is 5.92 Å². The smallest absolute Gasteiger partial charge is 0.339 e. The van der Waals surface area contributed by atoms with Crippen LogP contribution in [-0.4, -0.2) is 17.7 Å². The summed E-state index contributed by atoms with van der Waals surface area (Å²) in [6.45, 7) is 0. The van der Waals surface area contributed by atoms with E-state index in [0.717, 1.165) is 0 Å². The molecule has 2 aliphatic rings. The highest BCUT2D eigenvalue weighted by Crippen LogP contribution is 2.41. The Morgan fingerprint density at radius 3 is 2.39 bits per heavy atom. The summed E-state index contributed by atoms with van der Waals surface area (Å²) in [6, 6.07) is 13.5. The van der Waals surface area contributed by atoms with Crippen molar-refractivity contribution in [3.8, 4) is 5.75 Å². The van der Waals surface area contributed by atoms with E-state index in [0.29, 0.717) is 16.7 Å². The van der Waals surface area contributed by atoms with Gasteiger partial charge in [0.1, 0.15) is 11.9 Å². The van der Waals surface area contributed by atoms with Crippen molar-refractivity contribution in [3.05, 3.63) is 65.2 Å². The number of para-hydroxylation sites is 1. The fourth-order valence-corrected chi connectivity index (χ4v) is 3.11. The second-order valence-corrected chi connectivity index (χ2v) is 5.56. The highest BCUT2D eigenvalue weighted by atomic mass is 16.6. The molecule has 0 fully saturated rings. The molecule has 23 heavy (non-hydrogen) atoms. The highest BCUT2D eigenvalue weighted by molar-refractivity contribution is 6.05. The lowest BCUT2D eigenvalue weighted by Gasteiger charge is -2.19. The summed E-state index contributed by atoms with van der Waals surface area (Å²) in [5.41, 5.74) is 1.42. The van der Waals surface area contributed by atoms with Crippen LogP contribution >= 0.6 is 0 Å². The van der Waals surface area contributed by atoms with Gasteiger partial charge in [0, 0.05) is 5.56 Å². The van der Waals surface area contributed by atoms with Gasteiger partial charge in [-0.2, -0.15) is 0 Å². The average Bonchev–Trinajstić information content (AvgIpc) is 2.83. The molecule has 2 aromatic carbocycles. The van der Waals surface area contributed by atoms with Gasteiger partial charge in [-0.15, -0.1) is 0 Å². The van der Waals surface area contributed by atoms with E-state index in [-0.39, 0.29) is 18.0 Å². The van der Waals surface area contributed by atoms with Crippen LogP contribution in [0.5, 0.6) is 5.75 Å². The van der Waals surface area contributed by atoms with Crippen molar-refractivity contribution in [3.63, 3.8) is 0 Å². The number of rotatable bonds is 1. The number of esters is 2. The van der Waals surface area contributed by atoms with Crippen LogP contribution in [0.4, 0.5) is 0 Å². The van der Waals surface area contributed by atoms with Gasteiger partial charge in [0.25, 0.3) is 0 Å². The lowest BCUT2D eigenvalue weighted by Crippen LogP contribution is -2.24. The first-order valence-electron chi connectivity index (χ1n) is 7.29. The van der Waals surface area contributed by atoms with Crippen LogP contribution in [0.3, 0.4) is 0 Å². The number of Topliss-reactive ketones (excluding diaryl/α,β-unsaturated/α-hetero) is 1. The Bertz CT molecular complexity index is 839. The lowest BCUT2D eigenvalue weighted by atomic mass is 9.86. The molecule has 2 heterocycles. The Labute approximate surface area is 131 Å². The van der Waals surface area contributed by atoms with Crippen molar-refractivity contribution in [1.29, 1.82) is 0 Å². The highest BCUT2D eigenvalue weighted by Gasteiger charge is 2.43. The molecule has 114 valence electrons. The predicted molar refractivity (Wildman–Crippen MR) is 79.1 cm³/mol.